The molecular formula is C22H22N2O3. The first kappa shape index (κ1) is 16.5. The number of amides is 1. The lowest BCUT2D eigenvalue weighted by Crippen LogP contribution is -2.44. The molecule has 1 N–H and O–H groups in total. The number of aromatic nitrogens is 1. The van der Waals surface area contributed by atoms with Gasteiger partial charge in [0.1, 0.15) is 11.4 Å². The molecule has 3 aliphatic rings. The molecule has 1 aromatic carbocycles. The van der Waals surface area contributed by atoms with Crippen molar-refractivity contribution >= 4 is 11.7 Å². The highest BCUT2D eigenvalue weighted by Gasteiger charge is 2.70. The van der Waals surface area contributed by atoms with Gasteiger partial charge in [-0.05, 0) is 43.0 Å². The Kier molecular flexibility index (Phi) is 3.78. The summed E-state index contributed by atoms with van der Waals surface area (Å²) in [5, 5.41) is 3.05. The normalized spacial score (nSPS) is 30.4. The third-order valence-electron chi connectivity index (χ3n) is 6.35. The summed E-state index contributed by atoms with van der Waals surface area (Å²) in [5.41, 5.74) is 1.16. The second kappa shape index (κ2) is 6.19. The van der Waals surface area contributed by atoms with Gasteiger partial charge in [-0.1, -0.05) is 18.2 Å². The van der Waals surface area contributed by atoms with E-state index < -0.39 is 5.60 Å². The monoisotopic (exact) mass is 362 g/mol. The molecule has 27 heavy (non-hydrogen) atoms. The van der Waals surface area contributed by atoms with E-state index in [0.29, 0.717) is 30.2 Å². The maximum absolute atomic E-state index is 12.7. The Labute approximate surface area is 158 Å². The lowest BCUT2D eigenvalue weighted by molar-refractivity contribution is -0.124. The number of benzene rings is 1. The van der Waals surface area contributed by atoms with E-state index in [1.165, 1.54) is 0 Å². The molecular weight excluding hydrogens is 340 g/mol. The van der Waals surface area contributed by atoms with E-state index in [1.54, 1.807) is 6.20 Å². The lowest BCUT2D eigenvalue weighted by atomic mass is 9.84. The molecule has 5 nitrogen and oxygen atoms in total. The van der Waals surface area contributed by atoms with Crippen LogP contribution in [-0.4, -0.2) is 28.8 Å². The fourth-order valence-corrected chi connectivity index (χ4v) is 5.10. The second-order valence-electron chi connectivity index (χ2n) is 7.88. The van der Waals surface area contributed by atoms with Crippen molar-refractivity contribution in [2.24, 2.45) is 17.8 Å². The van der Waals surface area contributed by atoms with E-state index >= 15 is 0 Å². The van der Waals surface area contributed by atoms with Gasteiger partial charge in [0, 0.05) is 36.7 Å². The van der Waals surface area contributed by atoms with Crippen LogP contribution in [-0.2, 0) is 11.2 Å². The molecule has 138 valence electrons. The fourth-order valence-electron chi connectivity index (χ4n) is 5.10. The van der Waals surface area contributed by atoms with Crippen LogP contribution >= 0.6 is 0 Å². The average molecular weight is 362 g/mol. The van der Waals surface area contributed by atoms with Crippen LogP contribution in [0.15, 0.2) is 48.7 Å². The number of hydrogen-bond donors (Lipinski definition) is 1. The van der Waals surface area contributed by atoms with Gasteiger partial charge in [0.2, 0.25) is 5.91 Å². The number of hydrogen-bond acceptors (Lipinski definition) is 4. The molecule has 1 aromatic heterocycles. The number of nitrogens with zero attached hydrogens (tertiary/aromatic N) is 1. The minimum Gasteiger partial charge on any atom is -0.486 e. The van der Waals surface area contributed by atoms with Crippen LogP contribution in [0.4, 0.5) is 0 Å². The third kappa shape index (κ3) is 2.73. The van der Waals surface area contributed by atoms with Crippen molar-refractivity contribution in [1.82, 2.24) is 10.3 Å². The van der Waals surface area contributed by atoms with Crippen LogP contribution in [0.2, 0.25) is 0 Å². The van der Waals surface area contributed by atoms with E-state index in [-0.39, 0.29) is 23.5 Å². The van der Waals surface area contributed by atoms with Crippen molar-refractivity contribution in [3.05, 3.63) is 59.9 Å². The van der Waals surface area contributed by atoms with Crippen LogP contribution < -0.4 is 10.1 Å². The molecule has 5 heteroatoms. The smallest absolute Gasteiger partial charge is 0.223 e. The van der Waals surface area contributed by atoms with Crippen molar-refractivity contribution in [2.45, 2.75) is 31.3 Å². The Bertz CT molecular complexity index is 897. The number of rotatable bonds is 4. The summed E-state index contributed by atoms with van der Waals surface area (Å²) < 4.78 is 6.35. The van der Waals surface area contributed by atoms with E-state index in [1.807, 2.05) is 42.5 Å². The van der Waals surface area contributed by atoms with E-state index in [2.05, 4.69) is 10.3 Å². The molecule has 2 saturated carbocycles. The molecule has 0 unspecified atom stereocenters. The molecule has 2 fully saturated rings. The Morgan fingerprint density at radius 3 is 2.93 bits per heavy atom. The summed E-state index contributed by atoms with van der Waals surface area (Å²) in [7, 11) is 0. The van der Waals surface area contributed by atoms with Crippen LogP contribution in [0.3, 0.4) is 0 Å². The molecule has 0 saturated heterocycles. The number of ether oxygens (including phenoxy) is 1. The van der Waals surface area contributed by atoms with Crippen molar-refractivity contribution in [1.29, 1.82) is 0 Å². The highest BCUT2D eigenvalue weighted by molar-refractivity contribution is 6.00. The molecule has 1 aliphatic heterocycles. The largest absolute Gasteiger partial charge is 0.486 e. The Morgan fingerprint density at radius 1 is 1.22 bits per heavy atom. The molecule has 0 radical (unpaired) electrons. The van der Waals surface area contributed by atoms with Gasteiger partial charge in [0.15, 0.2) is 5.78 Å². The first-order chi connectivity index (χ1) is 13.2. The zero-order chi connectivity index (χ0) is 18.4. The van der Waals surface area contributed by atoms with Gasteiger partial charge >= 0.3 is 0 Å². The summed E-state index contributed by atoms with van der Waals surface area (Å²) >= 11 is 0. The quantitative estimate of drug-likeness (QED) is 0.908. The topological polar surface area (TPSA) is 68.3 Å². The SMILES string of the molecule is O=C1C[C@]2(CC[C@@H]3[C@@H](C(=O)NCCc4ccccn4)[C@@H]32)Oc2ccccc21. The number of para-hydroxylation sites is 1. The first-order valence-corrected chi connectivity index (χ1v) is 9.67. The Hall–Kier alpha value is -2.69. The number of ketones is 1. The van der Waals surface area contributed by atoms with Gasteiger partial charge in [-0.15, -0.1) is 0 Å². The van der Waals surface area contributed by atoms with Crippen LogP contribution in [0.25, 0.3) is 0 Å². The van der Waals surface area contributed by atoms with Gasteiger partial charge in [-0.3, -0.25) is 14.6 Å². The number of fused-ring (bicyclic) bond motifs is 3. The van der Waals surface area contributed by atoms with Gasteiger partial charge in [-0.25, -0.2) is 0 Å². The summed E-state index contributed by atoms with van der Waals surface area (Å²) in [6.45, 7) is 0.585. The summed E-state index contributed by atoms with van der Waals surface area (Å²) in [6.07, 6.45) is 4.70. The molecule has 0 bridgehead atoms. The van der Waals surface area contributed by atoms with Gasteiger partial charge in [-0.2, -0.15) is 0 Å². The lowest BCUT2D eigenvalue weighted by Gasteiger charge is -2.37. The van der Waals surface area contributed by atoms with Crippen LogP contribution in [0, 0.1) is 17.8 Å². The second-order valence-corrected chi connectivity index (χ2v) is 7.88. The minimum atomic E-state index is -0.487. The van der Waals surface area contributed by atoms with Crippen molar-refractivity contribution < 1.29 is 14.3 Å². The molecule has 4 atom stereocenters. The van der Waals surface area contributed by atoms with E-state index in [0.717, 1.165) is 25.0 Å². The zero-order valence-electron chi connectivity index (χ0n) is 15.1. The van der Waals surface area contributed by atoms with Crippen molar-refractivity contribution in [2.75, 3.05) is 6.54 Å². The number of pyridine rings is 1. The van der Waals surface area contributed by atoms with Gasteiger partial charge < -0.3 is 10.1 Å². The number of carbonyl (C=O) groups excluding carboxylic acids is 2. The van der Waals surface area contributed by atoms with Gasteiger partial charge in [0.25, 0.3) is 0 Å². The van der Waals surface area contributed by atoms with Crippen LogP contribution in [0.5, 0.6) is 5.75 Å². The zero-order valence-corrected chi connectivity index (χ0v) is 15.1. The van der Waals surface area contributed by atoms with E-state index in [9.17, 15) is 9.59 Å². The Morgan fingerprint density at radius 2 is 2.07 bits per heavy atom. The predicted molar refractivity (Wildman–Crippen MR) is 99.4 cm³/mol. The number of nitrogens with one attached hydrogen (secondary N) is 1. The third-order valence-corrected chi connectivity index (χ3v) is 6.35. The summed E-state index contributed by atoms with van der Waals surface area (Å²) in [5.74, 6) is 1.38. The van der Waals surface area contributed by atoms with Crippen LogP contribution in [0.1, 0.15) is 35.3 Å². The maximum atomic E-state index is 12.7. The molecule has 2 aliphatic carbocycles. The molecule has 1 spiro atoms. The minimum absolute atomic E-state index is 0.0273. The average Bonchev–Trinajstić information content (AvgIpc) is 3.34. The van der Waals surface area contributed by atoms with E-state index in [4.69, 9.17) is 4.74 Å². The molecule has 5 rings (SSSR count). The predicted octanol–water partition coefficient (Wildman–Crippen LogP) is 2.80. The van der Waals surface area contributed by atoms with Gasteiger partial charge in [0.05, 0.1) is 12.0 Å². The summed E-state index contributed by atoms with van der Waals surface area (Å²) in [6, 6.07) is 13.3. The Balaban J connectivity index is 1.25. The number of carbonyl (C=O) groups is 2. The molecule has 1 amide bonds. The summed E-state index contributed by atoms with van der Waals surface area (Å²) in [4.78, 5) is 29.6. The maximum Gasteiger partial charge on any atom is 0.223 e. The first-order valence-electron chi connectivity index (χ1n) is 9.67. The fraction of sp³-hybridized carbons (Fsp3) is 0.409. The van der Waals surface area contributed by atoms with Crippen molar-refractivity contribution in [3.8, 4) is 5.75 Å². The molecule has 2 heterocycles. The highest BCUT2D eigenvalue weighted by atomic mass is 16.5. The van der Waals surface area contributed by atoms with Crippen molar-refractivity contribution in [3.63, 3.8) is 0 Å². The molecule has 2 aromatic rings. The number of Topliss-reactive ketones (excluding diaryl/α,β-unsaturated/α-hetero) is 1. The standard InChI is InChI=1S/C22H22N2O3/c25-17-13-22(27-18-7-2-1-6-15(17)18)10-8-16-19(20(16)22)21(26)24-12-9-14-5-3-4-11-23-14/h1-7,11,16,19-20H,8-10,12-13H2,(H,24,26)/t16-,19-,20-,22+/m1/s1. The highest BCUT2D eigenvalue weighted by Crippen LogP contribution is 2.65.